The molecule has 4 heteroatoms. The quantitative estimate of drug-likeness (QED) is 0.782. The Morgan fingerprint density at radius 3 is 2.57 bits per heavy atom. The SMILES string of the molecule is NCCc1cn(Cc2ccc(F)cc2F)c2ccccc12. The summed E-state index contributed by atoms with van der Waals surface area (Å²) in [7, 11) is 0. The first-order chi connectivity index (χ1) is 10.2. The molecule has 21 heavy (non-hydrogen) atoms. The van der Waals surface area contributed by atoms with E-state index in [1.165, 1.54) is 12.1 Å². The first kappa shape index (κ1) is 13.8. The van der Waals surface area contributed by atoms with Crippen molar-refractivity contribution in [2.75, 3.05) is 6.54 Å². The van der Waals surface area contributed by atoms with Gasteiger partial charge in [0.25, 0.3) is 0 Å². The van der Waals surface area contributed by atoms with Crippen molar-refractivity contribution in [3.8, 4) is 0 Å². The Morgan fingerprint density at radius 2 is 1.81 bits per heavy atom. The predicted octanol–water partition coefficient (Wildman–Crippen LogP) is 3.47. The van der Waals surface area contributed by atoms with E-state index in [2.05, 4.69) is 0 Å². The molecule has 108 valence electrons. The Labute approximate surface area is 121 Å². The molecule has 0 aliphatic rings. The van der Waals surface area contributed by atoms with E-state index in [0.717, 1.165) is 29.0 Å². The highest BCUT2D eigenvalue weighted by Gasteiger charge is 2.10. The van der Waals surface area contributed by atoms with Gasteiger partial charge in [-0.25, -0.2) is 8.78 Å². The van der Waals surface area contributed by atoms with Crippen molar-refractivity contribution in [3.05, 3.63) is 71.4 Å². The smallest absolute Gasteiger partial charge is 0.131 e. The molecule has 0 aliphatic carbocycles. The van der Waals surface area contributed by atoms with Crippen LogP contribution in [0, 0.1) is 11.6 Å². The highest BCUT2D eigenvalue weighted by molar-refractivity contribution is 5.84. The third kappa shape index (κ3) is 2.67. The van der Waals surface area contributed by atoms with Gasteiger partial charge < -0.3 is 10.3 Å². The summed E-state index contributed by atoms with van der Waals surface area (Å²) < 4.78 is 28.8. The fourth-order valence-corrected chi connectivity index (χ4v) is 2.64. The highest BCUT2D eigenvalue weighted by atomic mass is 19.1. The molecule has 2 N–H and O–H groups in total. The van der Waals surface area contributed by atoms with E-state index >= 15 is 0 Å². The van der Waals surface area contributed by atoms with Crippen LogP contribution in [0.2, 0.25) is 0 Å². The molecule has 0 amide bonds. The Balaban J connectivity index is 2.04. The lowest BCUT2D eigenvalue weighted by atomic mass is 10.1. The largest absolute Gasteiger partial charge is 0.343 e. The summed E-state index contributed by atoms with van der Waals surface area (Å²) in [4.78, 5) is 0. The molecule has 2 aromatic carbocycles. The van der Waals surface area contributed by atoms with E-state index < -0.39 is 11.6 Å². The number of halogens is 2. The van der Waals surface area contributed by atoms with E-state index in [9.17, 15) is 8.78 Å². The van der Waals surface area contributed by atoms with Gasteiger partial charge >= 0.3 is 0 Å². The van der Waals surface area contributed by atoms with E-state index in [0.29, 0.717) is 18.7 Å². The molecule has 0 fully saturated rings. The maximum atomic E-state index is 13.8. The van der Waals surface area contributed by atoms with Gasteiger partial charge in [-0.1, -0.05) is 24.3 Å². The van der Waals surface area contributed by atoms with Gasteiger partial charge in [0.05, 0.1) is 6.54 Å². The molecule has 0 saturated heterocycles. The number of para-hydroxylation sites is 1. The third-order valence-electron chi connectivity index (χ3n) is 3.64. The van der Waals surface area contributed by atoms with Crippen LogP contribution in [0.25, 0.3) is 10.9 Å². The van der Waals surface area contributed by atoms with E-state index in [-0.39, 0.29) is 0 Å². The number of benzene rings is 2. The fourth-order valence-electron chi connectivity index (χ4n) is 2.64. The molecule has 1 aromatic heterocycles. The van der Waals surface area contributed by atoms with Crippen LogP contribution in [0.4, 0.5) is 8.78 Å². The van der Waals surface area contributed by atoms with E-state index in [1.807, 2.05) is 35.0 Å². The first-order valence-corrected chi connectivity index (χ1v) is 6.90. The second-order valence-electron chi connectivity index (χ2n) is 5.07. The van der Waals surface area contributed by atoms with Gasteiger partial charge in [-0.05, 0) is 30.7 Å². The number of nitrogens with two attached hydrogens (primary N) is 1. The monoisotopic (exact) mass is 286 g/mol. The van der Waals surface area contributed by atoms with Gasteiger partial charge in [0.15, 0.2) is 0 Å². The minimum Gasteiger partial charge on any atom is -0.343 e. The number of nitrogens with zero attached hydrogens (tertiary/aromatic N) is 1. The molecule has 2 nitrogen and oxygen atoms in total. The summed E-state index contributed by atoms with van der Waals surface area (Å²) >= 11 is 0. The first-order valence-electron chi connectivity index (χ1n) is 6.90. The van der Waals surface area contributed by atoms with Crippen LogP contribution in [0.5, 0.6) is 0 Å². The van der Waals surface area contributed by atoms with E-state index in [1.54, 1.807) is 0 Å². The molecule has 0 aliphatic heterocycles. The van der Waals surface area contributed by atoms with Crippen molar-refractivity contribution < 1.29 is 8.78 Å². The number of hydrogen-bond donors (Lipinski definition) is 1. The standard InChI is InChI=1S/C17H16F2N2/c18-14-6-5-13(16(19)9-14)11-21-10-12(7-8-20)15-3-1-2-4-17(15)21/h1-6,9-10H,7-8,11,20H2. The third-order valence-corrected chi connectivity index (χ3v) is 3.64. The van der Waals surface area contributed by atoms with Gasteiger partial charge in [-0.2, -0.15) is 0 Å². The summed E-state index contributed by atoms with van der Waals surface area (Å²) in [5.41, 5.74) is 8.29. The molecule has 0 spiro atoms. The maximum Gasteiger partial charge on any atom is 0.131 e. The topological polar surface area (TPSA) is 30.9 Å². The van der Waals surface area contributed by atoms with Gasteiger partial charge in [0, 0.05) is 28.7 Å². The van der Waals surface area contributed by atoms with Crippen LogP contribution < -0.4 is 5.73 Å². The molecule has 1 heterocycles. The van der Waals surface area contributed by atoms with Crippen LogP contribution in [-0.4, -0.2) is 11.1 Å². The normalized spacial score (nSPS) is 11.2. The van der Waals surface area contributed by atoms with Crippen molar-refractivity contribution in [2.45, 2.75) is 13.0 Å². The van der Waals surface area contributed by atoms with Gasteiger partial charge in [0.1, 0.15) is 11.6 Å². The summed E-state index contributed by atoms with van der Waals surface area (Å²) in [6.45, 7) is 0.941. The molecule has 3 rings (SSSR count). The lowest BCUT2D eigenvalue weighted by Crippen LogP contribution is -2.03. The van der Waals surface area contributed by atoms with Gasteiger partial charge in [0.2, 0.25) is 0 Å². The van der Waals surface area contributed by atoms with Gasteiger partial charge in [-0.15, -0.1) is 0 Å². The van der Waals surface area contributed by atoms with Crippen molar-refractivity contribution in [3.63, 3.8) is 0 Å². The second kappa shape index (κ2) is 5.66. The average Bonchev–Trinajstić information content (AvgIpc) is 2.81. The average molecular weight is 286 g/mol. The minimum atomic E-state index is -0.558. The minimum absolute atomic E-state index is 0.372. The van der Waals surface area contributed by atoms with Crippen molar-refractivity contribution >= 4 is 10.9 Å². The summed E-state index contributed by atoms with van der Waals surface area (Å²) in [5, 5.41) is 1.13. The zero-order chi connectivity index (χ0) is 14.8. The number of fused-ring (bicyclic) bond motifs is 1. The molecule has 0 radical (unpaired) electrons. The summed E-state index contributed by atoms with van der Waals surface area (Å²) in [6.07, 6.45) is 2.78. The lowest BCUT2D eigenvalue weighted by Gasteiger charge is -2.07. The second-order valence-corrected chi connectivity index (χ2v) is 5.07. The van der Waals surface area contributed by atoms with Crippen LogP contribution in [-0.2, 0) is 13.0 Å². The van der Waals surface area contributed by atoms with Gasteiger partial charge in [-0.3, -0.25) is 0 Å². The lowest BCUT2D eigenvalue weighted by molar-refractivity contribution is 0.567. The fraction of sp³-hybridized carbons (Fsp3) is 0.176. The van der Waals surface area contributed by atoms with Crippen molar-refractivity contribution in [2.24, 2.45) is 5.73 Å². The number of hydrogen-bond acceptors (Lipinski definition) is 1. The molecular formula is C17H16F2N2. The maximum absolute atomic E-state index is 13.8. The highest BCUT2D eigenvalue weighted by Crippen LogP contribution is 2.23. The van der Waals surface area contributed by atoms with Crippen molar-refractivity contribution in [1.82, 2.24) is 4.57 Å². The molecule has 3 aromatic rings. The molecule has 0 saturated carbocycles. The molecule has 0 atom stereocenters. The summed E-state index contributed by atoms with van der Waals surface area (Å²) in [6, 6.07) is 11.7. The molecular weight excluding hydrogens is 270 g/mol. The Hall–Kier alpha value is -2.20. The summed E-state index contributed by atoms with van der Waals surface area (Å²) in [5.74, 6) is -1.08. The van der Waals surface area contributed by atoms with Crippen LogP contribution in [0.15, 0.2) is 48.7 Å². The van der Waals surface area contributed by atoms with Crippen LogP contribution in [0.1, 0.15) is 11.1 Å². The number of aromatic nitrogens is 1. The van der Waals surface area contributed by atoms with E-state index in [4.69, 9.17) is 5.73 Å². The molecule has 0 unspecified atom stereocenters. The zero-order valence-corrected chi connectivity index (χ0v) is 11.5. The van der Waals surface area contributed by atoms with Crippen LogP contribution >= 0.6 is 0 Å². The predicted molar refractivity (Wildman–Crippen MR) is 80.2 cm³/mol. The Morgan fingerprint density at radius 1 is 1.00 bits per heavy atom. The zero-order valence-electron chi connectivity index (χ0n) is 11.5. The van der Waals surface area contributed by atoms with Crippen LogP contribution in [0.3, 0.4) is 0 Å². The molecule has 0 bridgehead atoms. The Kier molecular flexibility index (Phi) is 3.71. The number of rotatable bonds is 4. The Bertz CT molecular complexity index is 778. The van der Waals surface area contributed by atoms with Crippen molar-refractivity contribution in [1.29, 1.82) is 0 Å².